The van der Waals surface area contributed by atoms with Crippen molar-refractivity contribution in [1.29, 1.82) is 0 Å². The Balaban J connectivity index is 1.33. The van der Waals surface area contributed by atoms with Crippen LogP contribution in [0.25, 0.3) is 89.7 Å². The van der Waals surface area contributed by atoms with Crippen molar-refractivity contribution in [1.82, 2.24) is 39.9 Å². The van der Waals surface area contributed by atoms with Crippen LogP contribution in [0.15, 0.2) is 115 Å². The lowest BCUT2D eigenvalue weighted by molar-refractivity contribution is 0.0737. The van der Waals surface area contributed by atoms with Gasteiger partial charge in [0.05, 0.1) is 10.9 Å². The highest BCUT2D eigenvalue weighted by molar-refractivity contribution is 6.10. The first-order valence-electron chi connectivity index (χ1n) is 16.1. The number of carbonyl (C=O) groups excluding carboxylic acids is 1. The number of benzene rings is 5. The predicted octanol–water partition coefficient (Wildman–Crippen LogP) is 8.40. The summed E-state index contributed by atoms with van der Waals surface area (Å²) in [5, 5.41) is 3.10. The van der Waals surface area contributed by atoms with E-state index < -0.39 is 5.97 Å². The maximum atomic E-state index is 13.4. The summed E-state index contributed by atoms with van der Waals surface area (Å²) in [4.78, 5) is 50.3. The van der Waals surface area contributed by atoms with Crippen LogP contribution in [0.4, 0.5) is 0 Å². The Hall–Kier alpha value is -7.07. The molecule has 5 heterocycles. The minimum Gasteiger partial charge on any atom is -0.422 e. The Bertz CT molecular complexity index is 2890. The Labute approximate surface area is 283 Å². The minimum absolute atomic E-state index is 0.337. The van der Waals surface area contributed by atoms with Crippen molar-refractivity contribution in [3.63, 3.8) is 0 Å². The van der Waals surface area contributed by atoms with Gasteiger partial charge in [-0.1, -0.05) is 103 Å². The second-order valence-corrected chi connectivity index (χ2v) is 12.2. The lowest BCUT2D eigenvalue weighted by Crippen LogP contribution is -2.08. The molecular weight excluding hydrogens is 624 g/mol. The average Bonchev–Trinajstić information content (AvgIpc) is 3.88. The summed E-state index contributed by atoms with van der Waals surface area (Å²) in [5.74, 6) is 1.84. The summed E-state index contributed by atoms with van der Waals surface area (Å²) in [6, 6.07) is 36.5. The molecule has 0 radical (unpaired) electrons. The highest BCUT2D eigenvalue weighted by atomic mass is 16.5. The summed E-state index contributed by atoms with van der Waals surface area (Å²) < 4.78 is 6.05. The molecule has 3 aromatic heterocycles. The van der Waals surface area contributed by atoms with Gasteiger partial charge in [0.25, 0.3) is 0 Å². The van der Waals surface area contributed by atoms with Gasteiger partial charge in [-0.3, -0.25) is 0 Å². The zero-order valence-corrected chi connectivity index (χ0v) is 26.5. The van der Waals surface area contributed by atoms with Crippen LogP contribution in [0, 0.1) is 6.92 Å². The van der Waals surface area contributed by atoms with E-state index in [-0.39, 0.29) is 0 Å². The van der Waals surface area contributed by atoms with Crippen LogP contribution in [0.3, 0.4) is 0 Å². The van der Waals surface area contributed by atoms with E-state index in [4.69, 9.17) is 34.6 Å². The van der Waals surface area contributed by atoms with E-state index in [9.17, 15) is 4.79 Å². The van der Waals surface area contributed by atoms with Crippen molar-refractivity contribution in [2.24, 2.45) is 0 Å². The summed E-state index contributed by atoms with van der Waals surface area (Å²) >= 11 is 0. The first-order chi connectivity index (χ1) is 24.6. The molecule has 8 aromatic rings. The monoisotopic (exact) mass is 648 g/mol. The fourth-order valence-corrected chi connectivity index (χ4v) is 6.59. The molecule has 0 amide bonds. The van der Waals surface area contributed by atoms with Gasteiger partial charge < -0.3 is 14.7 Å². The number of rotatable bonds is 2. The number of hydrogen-bond donors (Lipinski definition) is 2. The average molecular weight is 649 g/mol. The summed E-state index contributed by atoms with van der Waals surface area (Å²) in [5.41, 5.74) is 7.04. The zero-order valence-electron chi connectivity index (χ0n) is 26.5. The standard InChI is InChI=1S/C40H24N8O2/c1-21-17-19-22(20-18-21)40(49)50-30-16-8-15-29-31(30)39-47-37-28-14-7-6-13-27(28)35(45-37)43-33-24-10-3-2-9-23(24)32(41-33)42-34-25-11-4-5-12-26(25)36(44-34)46-38(29)48-39/h2-20H,1H3,(H2,41,42,43,44,45,46,47,48). The number of esters is 1. The van der Waals surface area contributed by atoms with Crippen molar-refractivity contribution >= 4 is 50.1 Å². The molecule has 2 aliphatic rings. The van der Waals surface area contributed by atoms with Crippen LogP contribution in [0.5, 0.6) is 5.75 Å². The smallest absolute Gasteiger partial charge is 0.343 e. The molecule has 10 nitrogen and oxygen atoms in total. The maximum absolute atomic E-state index is 13.4. The van der Waals surface area contributed by atoms with Crippen LogP contribution >= 0.6 is 0 Å². The number of aromatic amines is 2. The van der Waals surface area contributed by atoms with Gasteiger partial charge in [0, 0.05) is 38.4 Å². The predicted molar refractivity (Wildman–Crippen MR) is 192 cm³/mol. The Morgan fingerprint density at radius 2 is 0.920 bits per heavy atom. The van der Waals surface area contributed by atoms with E-state index in [0.29, 0.717) is 68.0 Å². The third-order valence-corrected chi connectivity index (χ3v) is 9.03. The van der Waals surface area contributed by atoms with E-state index in [1.807, 2.05) is 104 Å². The lowest BCUT2D eigenvalue weighted by Gasteiger charge is -2.06. The molecular formula is C40H24N8O2. The van der Waals surface area contributed by atoms with E-state index in [2.05, 4.69) is 9.97 Å². The molecule has 236 valence electrons. The first-order valence-corrected chi connectivity index (χ1v) is 16.1. The first kappa shape index (κ1) is 28.0. The number of H-pyrrole nitrogens is 2. The maximum Gasteiger partial charge on any atom is 0.343 e. The molecule has 0 saturated heterocycles. The van der Waals surface area contributed by atoms with Gasteiger partial charge in [0.15, 0.2) is 23.3 Å². The second kappa shape index (κ2) is 10.7. The molecule has 5 aromatic carbocycles. The quantitative estimate of drug-likeness (QED) is 0.141. The molecule has 2 N–H and O–H groups in total. The van der Waals surface area contributed by atoms with Crippen molar-refractivity contribution < 1.29 is 9.53 Å². The number of hydrogen-bond acceptors (Lipinski definition) is 8. The number of ether oxygens (including phenoxy) is 1. The fourth-order valence-electron chi connectivity index (χ4n) is 6.59. The van der Waals surface area contributed by atoms with E-state index in [0.717, 1.165) is 38.6 Å². The lowest BCUT2D eigenvalue weighted by atomic mass is 10.1. The molecule has 0 spiro atoms. The number of carbonyl (C=O) groups is 1. The molecule has 0 unspecified atom stereocenters. The molecule has 0 fully saturated rings. The van der Waals surface area contributed by atoms with Crippen molar-refractivity contribution in [2.75, 3.05) is 0 Å². The van der Waals surface area contributed by atoms with Gasteiger partial charge in [0.1, 0.15) is 28.3 Å². The van der Waals surface area contributed by atoms with Crippen LogP contribution in [-0.4, -0.2) is 45.8 Å². The largest absolute Gasteiger partial charge is 0.422 e. The summed E-state index contributed by atoms with van der Waals surface area (Å²) in [7, 11) is 0. The van der Waals surface area contributed by atoms with Gasteiger partial charge in [-0.15, -0.1) is 0 Å². The van der Waals surface area contributed by atoms with Crippen molar-refractivity contribution in [3.8, 4) is 51.3 Å². The fraction of sp³-hybridized carbons (Fsp3) is 0.0250. The Morgan fingerprint density at radius 1 is 0.480 bits per heavy atom. The van der Waals surface area contributed by atoms with Gasteiger partial charge in [-0.25, -0.2) is 34.7 Å². The van der Waals surface area contributed by atoms with E-state index in [1.165, 1.54) is 0 Å². The number of fused-ring (bicyclic) bond motifs is 20. The Morgan fingerprint density at radius 3 is 1.46 bits per heavy atom. The number of nitrogens with zero attached hydrogens (tertiary/aromatic N) is 6. The van der Waals surface area contributed by atoms with Crippen molar-refractivity contribution in [2.45, 2.75) is 6.92 Å². The van der Waals surface area contributed by atoms with Crippen LogP contribution in [0.1, 0.15) is 15.9 Å². The van der Waals surface area contributed by atoms with Gasteiger partial charge in [0.2, 0.25) is 0 Å². The highest BCUT2D eigenvalue weighted by Gasteiger charge is 2.23. The van der Waals surface area contributed by atoms with Crippen LogP contribution < -0.4 is 4.74 Å². The number of aromatic nitrogens is 8. The zero-order chi connectivity index (χ0) is 33.3. The SMILES string of the molecule is Cc1ccc(C(=O)Oc2cccc3c4nc5nc(nc6[nH]c(nc7nc(nc([nH]4)c23)-c2ccccc2-7)c2ccccc62)-c2ccccc2-5)cc1. The third-order valence-electron chi connectivity index (χ3n) is 9.03. The van der Waals surface area contributed by atoms with Crippen LogP contribution in [0.2, 0.25) is 0 Å². The molecule has 0 saturated carbocycles. The summed E-state index contributed by atoms with van der Waals surface area (Å²) in [6.07, 6.45) is 0. The number of nitrogens with one attached hydrogen (secondary N) is 2. The second-order valence-electron chi connectivity index (χ2n) is 12.2. The number of aryl methyl sites for hydroxylation is 1. The molecule has 50 heavy (non-hydrogen) atoms. The minimum atomic E-state index is -0.480. The topological polar surface area (TPSA) is 135 Å². The molecule has 8 bridgehead atoms. The van der Waals surface area contributed by atoms with E-state index >= 15 is 0 Å². The van der Waals surface area contributed by atoms with Gasteiger partial charge in [-0.2, -0.15) is 0 Å². The van der Waals surface area contributed by atoms with Crippen LogP contribution in [-0.2, 0) is 0 Å². The summed E-state index contributed by atoms with van der Waals surface area (Å²) in [6.45, 7) is 1.97. The van der Waals surface area contributed by atoms with Crippen molar-refractivity contribution in [3.05, 3.63) is 126 Å². The highest BCUT2D eigenvalue weighted by Crippen LogP contribution is 2.38. The molecule has 0 atom stereocenters. The normalized spacial score (nSPS) is 11.8. The molecule has 10 rings (SSSR count). The van der Waals surface area contributed by atoms with E-state index in [1.54, 1.807) is 18.2 Å². The third kappa shape index (κ3) is 4.39. The van der Waals surface area contributed by atoms with Gasteiger partial charge in [-0.05, 0) is 25.1 Å². The Kier molecular flexibility index (Phi) is 6.00. The molecule has 0 aliphatic carbocycles. The molecule has 10 heteroatoms. The van der Waals surface area contributed by atoms with Gasteiger partial charge >= 0.3 is 5.97 Å². The molecule has 2 aliphatic heterocycles.